The van der Waals surface area contributed by atoms with E-state index >= 15 is 26.3 Å². The molecule has 0 spiro atoms. The average Bonchev–Trinajstić information content (AvgIpc) is 4.07. The quantitative estimate of drug-likeness (QED) is 0.146. The molecule has 0 amide bonds. The van der Waals surface area contributed by atoms with Crippen molar-refractivity contribution < 1.29 is 26.3 Å². The maximum absolute atomic E-state index is 15.2. The Hall–Kier alpha value is -9.13. The Morgan fingerprint density at radius 3 is 0.800 bits per heavy atom. The topological polar surface area (TPSA) is 33.6 Å². The second-order valence-electron chi connectivity index (χ2n) is 21.9. The fourth-order valence-electron chi connectivity index (χ4n) is 12.3. The second-order valence-corrected chi connectivity index (χ2v) is 21.9. The van der Waals surface area contributed by atoms with Crippen LogP contribution < -0.4 is 0 Å². The molecule has 0 bridgehead atoms. The van der Waals surface area contributed by atoms with Crippen LogP contribution in [0, 0.1) is 66.7 Å². The molecule has 0 saturated heterocycles. The highest BCUT2D eigenvalue weighted by Crippen LogP contribution is 2.48. The van der Waals surface area contributed by atoms with Crippen LogP contribution in [-0.2, 0) is 12.4 Å². The predicted octanol–water partition coefficient (Wildman–Crippen LogP) is 20.6. The van der Waals surface area contributed by atoms with E-state index in [-0.39, 0.29) is 34.1 Å². The first kappa shape index (κ1) is 51.6. The van der Waals surface area contributed by atoms with E-state index in [2.05, 4.69) is 103 Å². The summed E-state index contributed by atoms with van der Waals surface area (Å²) < 4.78 is 95.2. The van der Waals surface area contributed by atoms with E-state index in [0.29, 0.717) is 22.1 Å². The summed E-state index contributed by atoms with van der Waals surface area (Å²) in [7, 11) is 0. The van der Waals surface area contributed by atoms with Gasteiger partial charge in [-0.1, -0.05) is 142 Å². The highest BCUT2D eigenvalue weighted by Gasteiger charge is 2.38. The summed E-state index contributed by atoms with van der Waals surface area (Å²) in [6.07, 6.45) is -10.3. The van der Waals surface area contributed by atoms with E-state index in [4.69, 9.17) is 0 Å². The summed E-state index contributed by atoms with van der Waals surface area (Å²) in [4.78, 5) is 0. The molecule has 9 heteroatoms. The molecule has 0 saturated carbocycles. The minimum absolute atomic E-state index is 0.0618. The number of benzene rings is 10. The molecular formula is C71H53F6N3. The standard InChI is InChI=1S/C71H53F6N3/c1-39-17-40(2)22-52(21-39)48-9-13-63-59(33-48)60-34-49(53-23-41(3)18-42(4)24-53)10-14-64(60)79(63)67-29-47(38-78)30-68(69(67)56-31-57(70(72,73)74)37-58(32-56)71(75,76)77)80-65-15-11-50(54-25-43(5)19-44(6)26-54)35-61(65)62-36-51(12-16-66(62)80)55-27-45(7)20-46(8)28-55/h9-37H,1-8H3. The number of nitrogens with zero attached hydrogens (tertiary/aromatic N) is 3. The van der Waals surface area contributed by atoms with Crippen LogP contribution >= 0.6 is 0 Å². The smallest absolute Gasteiger partial charge is 0.308 e. The molecule has 0 atom stereocenters. The van der Waals surface area contributed by atoms with Gasteiger partial charge in [-0.05, 0) is 184 Å². The minimum atomic E-state index is -5.16. The third-order valence-electron chi connectivity index (χ3n) is 15.3. The maximum Gasteiger partial charge on any atom is 0.416 e. The normalized spacial score (nSPS) is 12.1. The van der Waals surface area contributed by atoms with Crippen molar-refractivity contribution in [2.75, 3.05) is 0 Å². The van der Waals surface area contributed by atoms with E-state index in [1.54, 1.807) is 12.1 Å². The summed E-state index contributed by atoms with van der Waals surface area (Å²) in [6.45, 7) is 16.3. The Balaban J connectivity index is 1.24. The number of fused-ring (bicyclic) bond motifs is 6. The lowest BCUT2D eigenvalue weighted by molar-refractivity contribution is -0.143. The molecule has 0 N–H and O–H groups in total. The lowest BCUT2D eigenvalue weighted by atomic mass is 9.94. The van der Waals surface area contributed by atoms with Crippen molar-refractivity contribution in [1.29, 1.82) is 5.26 Å². The highest BCUT2D eigenvalue weighted by atomic mass is 19.4. The molecule has 0 radical (unpaired) electrons. The van der Waals surface area contributed by atoms with Crippen molar-refractivity contribution >= 4 is 43.6 Å². The van der Waals surface area contributed by atoms with Crippen LogP contribution in [0.3, 0.4) is 0 Å². The number of rotatable bonds is 7. The average molecular weight is 1060 g/mol. The Bertz CT molecular complexity index is 4040. The largest absolute Gasteiger partial charge is 0.416 e. The van der Waals surface area contributed by atoms with Gasteiger partial charge in [-0.25, -0.2) is 0 Å². The van der Waals surface area contributed by atoms with Gasteiger partial charge < -0.3 is 9.13 Å². The lowest BCUT2D eigenvalue weighted by Crippen LogP contribution is -2.12. The number of aryl methyl sites for hydroxylation is 8. The maximum atomic E-state index is 15.2. The van der Waals surface area contributed by atoms with Crippen molar-refractivity contribution in [2.45, 2.75) is 67.7 Å². The Morgan fingerprint density at radius 1 is 0.300 bits per heavy atom. The van der Waals surface area contributed by atoms with Gasteiger partial charge in [0.05, 0.1) is 56.2 Å². The van der Waals surface area contributed by atoms with Crippen LogP contribution in [0.25, 0.3) is 111 Å². The third kappa shape index (κ3) is 9.28. The molecule has 12 aromatic rings. The molecule has 0 aliphatic rings. The SMILES string of the molecule is Cc1cc(C)cc(-c2ccc3c(c2)c2cc(-c4cc(C)cc(C)c4)ccc2n3-c2cc(C#N)cc(-n3c4ccc(-c5cc(C)cc(C)c5)cc4c4cc(-c5cc(C)cc(C)c5)ccc43)c2-c2cc(C(F)(F)F)cc(C(F)(F)F)c2)c1. The van der Waals surface area contributed by atoms with Crippen molar-refractivity contribution in [2.24, 2.45) is 0 Å². The van der Waals surface area contributed by atoms with Crippen molar-refractivity contribution in [3.8, 4) is 73.1 Å². The summed E-state index contributed by atoms with van der Waals surface area (Å²) in [5, 5.41) is 14.4. The molecule has 12 rings (SSSR count). The van der Waals surface area contributed by atoms with E-state index < -0.39 is 23.5 Å². The Kier molecular flexibility index (Phi) is 12.3. The highest BCUT2D eigenvalue weighted by molar-refractivity contribution is 6.14. The van der Waals surface area contributed by atoms with Crippen LogP contribution in [0.2, 0.25) is 0 Å². The molecule has 3 nitrogen and oxygen atoms in total. The molecule has 2 aromatic heterocycles. The Labute approximate surface area is 460 Å². The first-order valence-electron chi connectivity index (χ1n) is 26.5. The number of halogens is 6. The molecule has 2 heterocycles. The van der Waals surface area contributed by atoms with E-state index in [1.807, 2.05) is 113 Å². The summed E-state index contributed by atoms with van der Waals surface area (Å²) in [5.74, 6) is 0. The van der Waals surface area contributed by atoms with Crippen molar-refractivity contribution in [1.82, 2.24) is 9.13 Å². The summed E-state index contributed by atoms with van der Waals surface area (Å²) in [6, 6.07) is 56.8. The van der Waals surface area contributed by atoms with Gasteiger partial charge in [-0.2, -0.15) is 31.6 Å². The molecular weight excluding hydrogens is 1010 g/mol. The van der Waals surface area contributed by atoms with Gasteiger partial charge in [0.15, 0.2) is 0 Å². The van der Waals surface area contributed by atoms with Gasteiger partial charge in [0.25, 0.3) is 0 Å². The fraction of sp³-hybridized carbons (Fsp3) is 0.141. The van der Waals surface area contributed by atoms with E-state index in [1.165, 1.54) is 0 Å². The van der Waals surface area contributed by atoms with Gasteiger partial charge in [0, 0.05) is 27.1 Å². The number of aromatic nitrogens is 2. The molecule has 0 aliphatic carbocycles. The molecule has 10 aromatic carbocycles. The van der Waals surface area contributed by atoms with Crippen LogP contribution in [0.1, 0.15) is 61.2 Å². The van der Waals surface area contributed by atoms with Gasteiger partial charge >= 0.3 is 12.4 Å². The van der Waals surface area contributed by atoms with Crippen molar-refractivity contribution in [3.63, 3.8) is 0 Å². The zero-order valence-electron chi connectivity index (χ0n) is 45.4. The van der Waals surface area contributed by atoms with Crippen LogP contribution in [0.4, 0.5) is 26.3 Å². The fourth-order valence-corrected chi connectivity index (χ4v) is 12.3. The number of hydrogen-bond donors (Lipinski definition) is 0. The van der Waals surface area contributed by atoms with Gasteiger partial charge in [0.1, 0.15) is 0 Å². The number of nitriles is 1. The first-order chi connectivity index (χ1) is 38.1. The molecule has 0 fully saturated rings. The summed E-state index contributed by atoms with van der Waals surface area (Å²) in [5.41, 5.74) is 16.2. The first-order valence-corrected chi connectivity index (χ1v) is 26.5. The number of hydrogen-bond acceptors (Lipinski definition) is 1. The zero-order valence-corrected chi connectivity index (χ0v) is 45.4. The second kappa shape index (κ2) is 19.1. The van der Waals surface area contributed by atoms with Gasteiger partial charge in [-0.15, -0.1) is 0 Å². The van der Waals surface area contributed by atoms with Gasteiger partial charge in [-0.3, -0.25) is 0 Å². The van der Waals surface area contributed by atoms with Crippen LogP contribution in [-0.4, -0.2) is 9.13 Å². The molecule has 0 unspecified atom stereocenters. The Morgan fingerprint density at radius 2 is 0.562 bits per heavy atom. The zero-order chi connectivity index (χ0) is 56.3. The van der Waals surface area contributed by atoms with E-state index in [0.717, 1.165) is 123 Å². The van der Waals surface area contributed by atoms with Crippen molar-refractivity contribution in [3.05, 3.63) is 237 Å². The van der Waals surface area contributed by atoms with Crippen LogP contribution in [0.5, 0.6) is 0 Å². The molecule has 80 heavy (non-hydrogen) atoms. The molecule has 0 aliphatic heterocycles. The van der Waals surface area contributed by atoms with E-state index in [9.17, 15) is 5.26 Å². The molecule has 394 valence electrons. The third-order valence-corrected chi connectivity index (χ3v) is 15.3. The lowest BCUT2D eigenvalue weighted by Gasteiger charge is -2.22. The van der Waals surface area contributed by atoms with Crippen LogP contribution in [0.15, 0.2) is 176 Å². The summed E-state index contributed by atoms with van der Waals surface area (Å²) >= 11 is 0. The van der Waals surface area contributed by atoms with Gasteiger partial charge in [0.2, 0.25) is 0 Å². The monoisotopic (exact) mass is 1060 g/mol. The minimum Gasteiger partial charge on any atom is -0.308 e. The predicted molar refractivity (Wildman–Crippen MR) is 315 cm³/mol. The number of alkyl halides is 6.